The van der Waals surface area contributed by atoms with E-state index in [-0.39, 0.29) is 5.43 Å². The molecule has 17 heavy (non-hydrogen) atoms. The summed E-state index contributed by atoms with van der Waals surface area (Å²) in [5.74, 6) is 0. The maximum absolute atomic E-state index is 12.0. The molecule has 2 heterocycles. The molecule has 3 rings (SSSR count). The van der Waals surface area contributed by atoms with E-state index in [1.54, 1.807) is 19.2 Å². The molecule has 4 nitrogen and oxygen atoms in total. The van der Waals surface area contributed by atoms with E-state index in [2.05, 4.69) is 30.9 Å². The van der Waals surface area contributed by atoms with Gasteiger partial charge in [0.1, 0.15) is 16.6 Å². The molecular formula is C12H8BrN3O. The molecule has 1 aromatic carbocycles. The lowest BCUT2D eigenvalue weighted by molar-refractivity contribution is 1.26. The Balaban J connectivity index is 2.60. The molecule has 0 aliphatic rings. The third kappa shape index (κ3) is 1.54. The predicted molar refractivity (Wildman–Crippen MR) is 70.1 cm³/mol. The summed E-state index contributed by atoms with van der Waals surface area (Å²) in [4.78, 5) is 23.8. The normalized spacial score (nSPS) is 11.2. The van der Waals surface area contributed by atoms with Crippen LogP contribution in [-0.4, -0.2) is 15.0 Å². The van der Waals surface area contributed by atoms with Crippen LogP contribution in [0.15, 0.2) is 33.7 Å². The van der Waals surface area contributed by atoms with Gasteiger partial charge in [0.25, 0.3) is 0 Å². The molecule has 5 heteroatoms. The fraction of sp³-hybridized carbons (Fsp3) is 0.0833. The largest absolute Gasteiger partial charge is 0.345 e. The molecule has 0 aliphatic carbocycles. The number of H-pyrrole nitrogens is 1. The molecule has 0 spiro atoms. The summed E-state index contributed by atoms with van der Waals surface area (Å²) in [5, 5.41) is 0. The SMILES string of the molecule is Cc1cc(Br)c2nc3[nH]cccc3nc2c1=O. The molecule has 0 saturated heterocycles. The standard InChI is InChI=1S/C12H8BrN3O/c1-6-5-7(13)9-10(11(6)17)15-8-3-2-4-14-12(8)16-9/h2-5H,1H3,(H,14,16). The lowest BCUT2D eigenvalue weighted by Crippen LogP contribution is -2.08. The summed E-state index contributed by atoms with van der Waals surface area (Å²) < 4.78 is 0.788. The van der Waals surface area contributed by atoms with Crippen molar-refractivity contribution in [1.82, 2.24) is 15.0 Å². The van der Waals surface area contributed by atoms with Crippen molar-refractivity contribution < 1.29 is 0 Å². The van der Waals surface area contributed by atoms with Crippen molar-refractivity contribution in [1.29, 1.82) is 0 Å². The number of fused-ring (bicyclic) bond motifs is 2. The lowest BCUT2D eigenvalue weighted by Gasteiger charge is -2.03. The van der Waals surface area contributed by atoms with E-state index in [1.807, 2.05) is 12.1 Å². The van der Waals surface area contributed by atoms with Crippen LogP contribution in [0.3, 0.4) is 0 Å². The number of hydrogen-bond donors (Lipinski definition) is 1. The van der Waals surface area contributed by atoms with Crippen molar-refractivity contribution in [3.8, 4) is 0 Å². The van der Waals surface area contributed by atoms with E-state index in [0.29, 0.717) is 27.8 Å². The second-order valence-electron chi connectivity index (χ2n) is 3.83. The Morgan fingerprint density at radius 1 is 1.29 bits per heavy atom. The Hall–Kier alpha value is -1.75. The highest BCUT2D eigenvalue weighted by Crippen LogP contribution is 2.21. The minimum absolute atomic E-state index is 0.0681. The summed E-state index contributed by atoms with van der Waals surface area (Å²) >= 11 is 3.41. The van der Waals surface area contributed by atoms with Gasteiger partial charge in [0.05, 0.1) is 0 Å². The van der Waals surface area contributed by atoms with E-state index in [4.69, 9.17) is 0 Å². The Bertz CT molecular complexity index is 795. The number of hydrogen-bond acceptors (Lipinski definition) is 3. The van der Waals surface area contributed by atoms with Crippen LogP contribution in [0.1, 0.15) is 5.56 Å². The average molecular weight is 290 g/mol. The zero-order valence-corrected chi connectivity index (χ0v) is 10.6. The zero-order chi connectivity index (χ0) is 12.0. The van der Waals surface area contributed by atoms with Crippen LogP contribution >= 0.6 is 15.9 Å². The van der Waals surface area contributed by atoms with E-state index in [9.17, 15) is 4.79 Å². The highest BCUT2D eigenvalue weighted by Gasteiger charge is 2.10. The van der Waals surface area contributed by atoms with Crippen LogP contribution in [0.25, 0.3) is 22.2 Å². The Morgan fingerprint density at radius 3 is 2.94 bits per heavy atom. The third-order valence-electron chi connectivity index (χ3n) is 2.64. The van der Waals surface area contributed by atoms with Gasteiger partial charge in [-0.05, 0) is 46.6 Å². The van der Waals surface area contributed by atoms with Gasteiger partial charge in [0.15, 0.2) is 5.65 Å². The van der Waals surface area contributed by atoms with Crippen LogP contribution in [0.2, 0.25) is 0 Å². The molecule has 3 aromatic rings. The van der Waals surface area contributed by atoms with Crippen LogP contribution in [0.4, 0.5) is 0 Å². The first-order chi connectivity index (χ1) is 8.16. The first-order valence-electron chi connectivity index (χ1n) is 5.11. The first kappa shape index (κ1) is 10.4. The molecule has 1 N–H and O–H groups in total. The maximum atomic E-state index is 12.0. The Morgan fingerprint density at radius 2 is 2.12 bits per heavy atom. The van der Waals surface area contributed by atoms with Crippen molar-refractivity contribution >= 4 is 38.1 Å². The van der Waals surface area contributed by atoms with Gasteiger partial charge in [-0.1, -0.05) is 0 Å². The van der Waals surface area contributed by atoms with Gasteiger partial charge in [-0.15, -0.1) is 0 Å². The molecule has 0 aliphatic heterocycles. The van der Waals surface area contributed by atoms with Gasteiger partial charge in [-0.25, -0.2) is 9.97 Å². The summed E-state index contributed by atoms with van der Waals surface area (Å²) in [6.45, 7) is 1.77. The second-order valence-corrected chi connectivity index (χ2v) is 4.68. The number of aromatic amines is 1. The summed E-state index contributed by atoms with van der Waals surface area (Å²) in [6, 6.07) is 5.43. The van der Waals surface area contributed by atoms with Crippen molar-refractivity contribution in [2.45, 2.75) is 6.92 Å². The van der Waals surface area contributed by atoms with Crippen molar-refractivity contribution in [2.24, 2.45) is 0 Å². The van der Waals surface area contributed by atoms with Crippen molar-refractivity contribution in [2.75, 3.05) is 0 Å². The molecule has 0 bridgehead atoms. The average Bonchev–Trinajstić information content (AvgIpc) is 2.34. The summed E-state index contributed by atoms with van der Waals surface area (Å²) in [6.07, 6.45) is 1.78. The minimum atomic E-state index is -0.0681. The first-order valence-corrected chi connectivity index (χ1v) is 5.90. The van der Waals surface area contributed by atoms with E-state index < -0.39 is 0 Å². The van der Waals surface area contributed by atoms with Gasteiger partial charge in [0.2, 0.25) is 5.43 Å². The van der Waals surface area contributed by atoms with Crippen LogP contribution in [0.5, 0.6) is 0 Å². The topological polar surface area (TPSA) is 58.6 Å². The number of aryl methyl sites for hydroxylation is 1. The molecule has 0 atom stereocenters. The van der Waals surface area contributed by atoms with Crippen LogP contribution in [0, 0.1) is 6.92 Å². The minimum Gasteiger partial charge on any atom is -0.345 e. The summed E-state index contributed by atoms with van der Waals surface area (Å²) in [7, 11) is 0. The molecule has 0 amide bonds. The van der Waals surface area contributed by atoms with Crippen molar-refractivity contribution in [3.63, 3.8) is 0 Å². The molecule has 0 fully saturated rings. The van der Waals surface area contributed by atoms with E-state index in [1.165, 1.54) is 0 Å². The number of benzene rings is 1. The molecule has 2 aromatic heterocycles. The van der Waals surface area contributed by atoms with Gasteiger partial charge in [-0.2, -0.15) is 0 Å². The number of nitrogens with zero attached hydrogens (tertiary/aromatic N) is 2. The van der Waals surface area contributed by atoms with Gasteiger partial charge >= 0.3 is 0 Å². The van der Waals surface area contributed by atoms with Gasteiger partial charge in [-0.3, -0.25) is 4.79 Å². The smallest absolute Gasteiger partial charge is 0.209 e. The third-order valence-corrected chi connectivity index (χ3v) is 3.24. The molecular weight excluding hydrogens is 282 g/mol. The van der Waals surface area contributed by atoms with E-state index >= 15 is 0 Å². The number of halogens is 1. The molecule has 0 unspecified atom stereocenters. The monoisotopic (exact) mass is 289 g/mol. The predicted octanol–water partition coefficient (Wildman–Crippen LogP) is 2.54. The number of aromatic nitrogens is 3. The Kier molecular flexibility index (Phi) is 2.22. The lowest BCUT2D eigenvalue weighted by atomic mass is 10.2. The van der Waals surface area contributed by atoms with Crippen LogP contribution in [-0.2, 0) is 0 Å². The zero-order valence-electron chi connectivity index (χ0n) is 8.99. The van der Waals surface area contributed by atoms with Crippen molar-refractivity contribution in [3.05, 3.63) is 44.7 Å². The maximum Gasteiger partial charge on any atom is 0.209 e. The van der Waals surface area contributed by atoms with Gasteiger partial charge in [0, 0.05) is 10.7 Å². The Labute approximate surface area is 105 Å². The van der Waals surface area contributed by atoms with E-state index in [0.717, 1.165) is 4.47 Å². The summed E-state index contributed by atoms with van der Waals surface area (Å²) in [5.41, 5.74) is 2.96. The molecule has 84 valence electrons. The highest BCUT2D eigenvalue weighted by molar-refractivity contribution is 9.10. The number of rotatable bonds is 0. The number of nitrogens with one attached hydrogen (secondary N) is 1. The van der Waals surface area contributed by atoms with Crippen LogP contribution < -0.4 is 5.43 Å². The quantitative estimate of drug-likeness (QED) is 0.647. The fourth-order valence-corrected chi connectivity index (χ4v) is 2.39. The second kappa shape index (κ2) is 3.63. The highest BCUT2D eigenvalue weighted by atomic mass is 79.9. The number of pyridine rings is 1. The fourth-order valence-electron chi connectivity index (χ4n) is 1.77. The molecule has 0 radical (unpaired) electrons. The molecule has 0 saturated carbocycles. The van der Waals surface area contributed by atoms with Gasteiger partial charge < -0.3 is 4.98 Å².